The number of carbonyl (C=O) groups is 1. The summed E-state index contributed by atoms with van der Waals surface area (Å²) in [6, 6.07) is 11.1. The van der Waals surface area contributed by atoms with E-state index in [1.54, 1.807) is 12.1 Å². The van der Waals surface area contributed by atoms with E-state index in [1.807, 2.05) is 48.1 Å². The van der Waals surface area contributed by atoms with Gasteiger partial charge in [-0.05, 0) is 53.2 Å². The van der Waals surface area contributed by atoms with Gasteiger partial charge >= 0.3 is 0 Å². The summed E-state index contributed by atoms with van der Waals surface area (Å²) in [5.74, 6) is 0.581. The molecule has 1 atom stereocenters. The van der Waals surface area contributed by atoms with Crippen LogP contribution in [0, 0.1) is 0 Å². The summed E-state index contributed by atoms with van der Waals surface area (Å²) in [7, 11) is 0. The summed E-state index contributed by atoms with van der Waals surface area (Å²) >= 11 is 3.20. The van der Waals surface area contributed by atoms with Crippen molar-refractivity contribution in [2.75, 3.05) is 5.52 Å². The van der Waals surface area contributed by atoms with Crippen LogP contribution >= 0.6 is 15.9 Å². The van der Waals surface area contributed by atoms with Crippen LogP contribution in [0.2, 0.25) is 0 Å². The van der Waals surface area contributed by atoms with Gasteiger partial charge in [0.2, 0.25) is 0 Å². The molecule has 106 valence electrons. The summed E-state index contributed by atoms with van der Waals surface area (Å²) in [5.41, 5.74) is 1.00. The predicted molar refractivity (Wildman–Crippen MR) is 82.2 cm³/mol. The number of amides is 1. The average molecular weight is 337 g/mol. The average Bonchev–Trinajstić information content (AvgIpc) is 2.92. The van der Waals surface area contributed by atoms with Crippen molar-refractivity contribution >= 4 is 21.8 Å². The molecule has 1 aromatic heterocycles. The second-order valence-corrected chi connectivity index (χ2v) is 4.99. The Hall–Kier alpha value is -1.75. The van der Waals surface area contributed by atoms with Crippen molar-refractivity contribution in [2.24, 2.45) is 0 Å². The number of nitrogens with zero attached hydrogens (tertiary/aromatic N) is 1. The normalized spacial score (nSPS) is 11.9. The standard InChI is InChI=1S/C15H17BrN2O2/c1-12(10-18-7-2-3-8-18)17-15(19)13-5-4-6-14(9-13)20-11-16/h2-9,12H,10-11H2,1H3,(H,17,19). The third kappa shape index (κ3) is 4.13. The van der Waals surface area contributed by atoms with Crippen molar-refractivity contribution < 1.29 is 9.53 Å². The Labute approximate surface area is 126 Å². The van der Waals surface area contributed by atoms with Gasteiger partial charge in [-0.3, -0.25) is 4.79 Å². The largest absolute Gasteiger partial charge is 0.482 e. The Bertz CT molecular complexity index is 555. The molecule has 2 aromatic rings. The van der Waals surface area contributed by atoms with Crippen molar-refractivity contribution in [1.29, 1.82) is 0 Å². The smallest absolute Gasteiger partial charge is 0.251 e. The predicted octanol–water partition coefficient (Wildman–Crippen LogP) is 3.04. The number of carbonyl (C=O) groups excluding carboxylic acids is 1. The summed E-state index contributed by atoms with van der Waals surface area (Å²) in [4.78, 5) is 12.2. The second kappa shape index (κ2) is 7.14. The Morgan fingerprint density at radius 2 is 2.10 bits per heavy atom. The van der Waals surface area contributed by atoms with Gasteiger partial charge in [0, 0.05) is 30.5 Å². The molecule has 5 heteroatoms. The van der Waals surface area contributed by atoms with Crippen LogP contribution < -0.4 is 10.1 Å². The number of hydrogen-bond donors (Lipinski definition) is 1. The fourth-order valence-corrected chi connectivity index (χ4v) is 2.22. The molecule has 0 spiro atoms. The van der Waals surface area contributed by atoms with Crippen molar-refractivity contribution in [3.8, 4) is 5.75 Å². The quantitative estimate of drug-likeness (QED) is 0.824. The van der Waals surface area contributed by atoms with Crippen LogP contribution in [0.25, 0.3) is 0 Å². The molecule has 0 aliphatic carbocycles. The van der Waals surface area contributed by atoms with Crippen molar-refractivity contribution in [3.63, 3.8) is 0 Å². The first-order valence-corrected chi connectivity index (χ1v) is 7.51. The number of ether oxygens (including phenoxy) is 1. The SMILES string of the molecule is CC(Cn1cccc1)NC(=O)c1cccc(OCBr)c1. The highest BCUT2D eigenvalue weighted by atomic mass is 79.9. The topological polar surface area (TPSA) is 43.3 Å². The highest BCUT2D eigenvalue weighted by Gasteiger charge is 2.10. The van der Waals surface area contributed by atoms with Crippen molar-refractivity contribution in [2.45, 2.75) is 19.5 Å². The molecule has 0 aliphatic rings. The summed E-state index contributed by atoms with van der Waals surface area (Å²) in [6.45, 7) is 2.73. The molecular weight excluding hydrogens is 320 g/mol. The molecule has 20 heavy (non-hydrogen) atoms. The fraction of sp³-hybridized carbons (Fsp3) is 0.267. The lowest BCUT2D eigenvalue weighted by atomic mass is 10.2. The van der Waals surface area contributed by atoms with Crippen LogP contribution in [-0.2, 0) is 6.54 Å². The van der Waals surface area contributed by atoms with E-state index in [2.05, 4.69) is 21.2 Å². The maximum atomic E-state index is 12.2. The van der Waals surface area contributed by atoms with E-state index >= 15 is 0 Å². The van der Waals surface area contributed by atoms with Crippen LogP contribution in [-0.4, -0.2) is 22.0 Å². The Balaban J connectivity index is 1.95. The number of aromatic nitrogens is 1. The number of benzene rings is 1. The maximum absolute atomic E-state index is 12.2. The zero-order chi connectivity index (χ0) is 14.4. The van der Waals surface area contributed by atoms with Gasteiger partial charge in [-0.1, -0.05) is 6.07 Å². The molecule has 0 radical (unpaired) electrons. The highest BCUT2D eigenvalue weighted by molar-refractivity contribution is 9.09. The third-order valence-corrected chi connectivity index (χ3v) is 3.07. The summed E-state index contributed by atoms with van der Waals surface area (Å²) < 4.78 is 7.36. The molecule has 1 N–H and O–H groups in total. The second-order valence-electron chi connectivity index (χ2n) is 4.54. The molecule has 0 saturated heterocycles. The number of rotatable bonds is 6. The zero-order valence-corrected chi connectivity index (χ0v) is 12.8. The van der Waals surface area contributed by atoms with Gasteiger partial charge in [0.25, 0.3) is 5.91 Å². The van der Waals surface area contributed by atoms with Crippen LogP contribution in [0.1, 0.15) is 17.3 Å². The van der Waals surface area contributed by atoms with Gasteiger partial charge in [-0.2, -0.15) is 0 Å². The fourth-order valence-electron chi connectivity index (χ4n) is 1.95. The molecule has 0 aliphatic heterocycles. The van der Waals surface area contributed by atoms with E-state index in [4.69, 9.17) is 4.74 Å². The lowest BCUT2D eigenvalue weighted by Crippen LogP contribution is -2.35. The van der Waals surface area contributed by atoms with E-state index in [0.717, 1.165) is 6.54 Å². The molecule has 0 saturated carbocycles. The van der Waals surface area contributed by atoms with Gasteiger partial charge in [0.15, 0.2) is 0 Å². The van der Waals surface area contributed by atoms with E-state index in [-0.39, 0.29) is 11.9 Å². The molecule has 0 fully saturated rings. The third-order valence-electron chi connectivity index (χ3n) is 2.85. The summed E-state index contributed by atoms with van der Waals surface area (Å²) in [6.07, 6.45) is 3.96. The van der Waals surface area contributed by atoms with Crippen LogP contribution in [0.4, 0.5) is 0 Å². The van der Waals surface area contributed by atoms with Crippen LogP contribution in [0.3, 0.4) is 0 Å². The number of alkyl halides is 1. The minimum Gasteiger partial charge on any atom is -0.482 e. The Morgan fingerprint density at radius 1 is 1.35 bits per heavy atom. The number of nitrogens with one attached hydrogen (secondary N) is 1. The first kappa shape index (κ1) is 14.7. The van der Waals surface area contributed by atoms with Gasteiger partial charge in [0.05, 0.1) is 0 Å². The highest BCUT2D eigenvalue weighted by Crippen LogP contribution is 2.14. The van der Waals surface area contributed by atoms with Crippen molar-refractivity contribution in [3.05, 3.63) is 54.4 Å². The minimum atomic E-state index is -0.0929. The molecular formula is C15H17BrN2O2. The zero-order valence-electron chi connectivity index (χ0n) is 11.3. The molecule has 1 aromatic carbocycles. The molecule has 1 unspecified atom stereocenters. The Morgan fingerprint density at radius 3 is 2.80 bits per heavy atom. The minimum absolute atomic E-state index is 0.0515. The number of hydrogen-bond acceptors (Lipinski definition) is 2. The molecule has 4 nitrogen and oxygen atoms in total. The van der Waals surface area contributed by atoms with Crippen molar-refractivity contribution in [1.82, 2.24) is 9.88 Å². The number of halogens is 1. The molecule has 1 heterocycles. The molecule has 0 bridgehead atoms. The Kier molecular flexibility index (Phi) is 5.24. The lowest BCUT2D eigenvalue weighted by Gasteiger charge is -2.15. The monoisotopic (exact) mass is 336 g/mol. The van der Waals surface area contributed by atoms with E-state index in [0.29, 0.717) is 16.8 Å². The van der Waals surface area contributed by atoms with Gasteiger partial charge in [-0.15, -0.1) is 0 Å². The van der Waals surface area contributed by atoms with Gasteiger partial charge in [0.1, 0.15) is 11.3 Å². The summed E-state index contributed by atoms with van der Waals surface area (Å²) in [5, 5.41) is 2.98. The van der Waals surface area contributed by atoms with E-state index in [9.17, 15) is 4.79 Å². The molecule has 2 rings (SSSR count). The van der Waals surface area contributed by atoms with Gasteiger partial charge in [-0.25, -0.2) is 0 Å². The maximum Gasteiger partial charge on any atom is 0.251 e. The molecule has 1 amide bonds. The van der Waals surface area contributed by atoms with Crippen LogP contribution in [0.15, 0.2) is 48.8 Å². The van der Waals surface area contributed by atoms with E-state index in [1.165, 1.54) is 0 Å². The first-order valence-electron chi connectivity index (χ1n) is 6.39. The van der Waals surface area contributed by atoms with E-state index < -0.39 is 0 Å². The van der Waals surface area contributed by atoms with Crippen LogP contribution in [0.5, 0.6) is 5.75 Å². The van der Waals surface area contributed by atoms with Gasteiger partial charge < -0.3 is 14.6 Å². The lowest BCUT2D eigenvalue weighted by molar-refractivity contribution is 0.0936. The first-order chi connectivity index (χ1) is 9.69.